The molecule has 0 unspecified atom stereocenters. The van der Waals surface area contributed by atoms with E-state index in [1.165, 1.54) is 0 Å². The second-order valence-corrected chi connectivity index (χ2v) is 7.04. The predicted molar refractivity (Wildman–Crippen MR) is 104 cm³/mol. The van der Waals surface area contributed by atoms with E-state index >= 15 is 0 Å². The van der Waals surface area contributed by atoms with Crippen LogP contribution in [0.2, 0.25) is 0 Å². The minimum atomic E-state index is -0.0552. The fraction of sp³-hybridized carbons (Fsp3) is 0.333. The standard InChI is InChI=1S/C21H22N4O2/c26-21-18-19(17-7-3-11-25(17)21)23-16-6-2-1-5-15(16)20(18)27-14-4-10-24-12-8-22-9-13-24/h1-3,5-7,11,22H,4,8-10,12-14H2. The van der Waals surface area contributed by atoms with E-state index in [1.54, 1.807) is 10.8 Å². The maximum atomic E-state index is 12.9. The summed E-state index contributed by atoms with van der Waals surface area (Å²) in [5.74, 6) is 0.616. The van der Waals surface area contributed by atoms with Crippen LogP contribution in [0.15, 0.2) is 42.6 Å². The lowest BCUT2D eigenvalue weighted by atomic mass is 10.1. The first-order valence-electron chi connectivity index (χ1n) is 9.54. The van der Waals surface area contributed by atoms with Gasteiger partial charge in [0.2, 0.25) is 0 Å². The van der Waals surface area contributed by atoms with Crippen LogP contribution in [-0.4, -0.2) is 59.7 Å². The van der Waals surface area contributed by atoms with E-state index in [0.717, 1.165) is 61.4 Å². The van der Waals surface area contributed by atoms with E-state index in [9.17, 15) is 4.79 Å². The van der Waals surface area contributed by atoms with Gasteiger partial charge in [-0.3, -0.25) is 9.36 Å². The summed E-state index contributed by atoms with van der Waals surface area (Å²) in [4.78, 5) is 20.1. The molecule has 2 aliphatic heterocycles. The molecular weight excluding hydrogens is 340 g/mol. The Morgan fingerprint density at radius 2 is 1.96 bits per heavy atom. The van der Waals surface area contributed by atoms with Gasteiger partial charge in [-0.25, -0.2) is 4.98 Å². The molecule has 0 atom stereocenters. The molecule has 1 fully saturated rings. The highest BCUT2D eigenvalue weighted by atomic mass is 16.5. The quantitative estimate of drug-likeness (QED) is 0.553. The number of ether oxygens (including phenoxy) is 1. The third kappa shape index (κ3) is 2.81. The Morgan fingerprint density at radius 3 is 2.85 bits per heavy atom. The van der Waals surface area contributed by atoms with Crippen LogP contribution in [0.1, 0.15) is 16.8 Å². The third-order valence-corrected chi connectivity index (χ3v) is 5.34. The number of piperazine rings is 1. The Morgan fingerprint density at radius 1 is 1.11 bits per heavy atom. The summed E-state index contributed by atoms with van der Waals surface area (Å²) in [6, 6.07) is 11.7. The zero-order valence-electron chi connectivity index (χ0n) is 15.1. The smallest absolute Gasteiger partial charge is 0.268 e. The van der Waals surface area contributed by atoms with Gasteiger partial charge in [0, 0.05) is 44.3 Å². The summed E-state index contributed by atoms with van der Waals surface area (Å²) in [5, 5.41) is 4.27. The second-order valence-electron chi connectivity index (χ2n) is 7.04. The molecule has 1 saturated heterocycles. The second kappa shape index (κ2) is 6.79. The molecule has 1 aromatic carbocycles. The normalized spacial score (nSPS) is 16.5. The van der Waals surface area contributed by atoms with Crippen LogP contribution >= 0.6 is 0 Å². The number of rotatable bonds is 5. The number of hydrogen-bond acceptors (Lipinski definition) is 5. The van der Waals surface area contributed by atoms with Crippen molar-refractivity contribution in [2.45, 2.75) is 6.42 Å². The molecule has 0 spiro atoms. The van der Waals surface area contributed by atoms with Crippen LogP contribution in [0.25, 0.3) is 22.3 Å². The number of carbonyl (C=O) groups excluding carboxylic acids is 1. The molecule has 2 aromatic heterocycles. The Hall–Kier alpha value is -2.70. The van der Waals surface area contributed by atoms with Gasteiger partial charge in [-0.2, -0.15) is 0 Å². The SMILES string of the molecule is O=C1c2c(nc3ccccc3c2OCCCN2CCNCC2)-c2cccn21. The van der Waals surface area contributed by atoms with Gasteiger partial charge in [0.15, 0.2) is 0 Å². The van der Waals surface area contributed by atoms with E-state index < -0.39 is 0 Å². The van der Waals surface area contributed by atoms with Gasteiger partial charge >= 0.3 is 0 Å². The molecule has 6 nitrogen and oxygen atoms in total. The van der Waals surface area contributed by atoms with E-state index in [4.69, 9.17) is 9.72 Å². The van der Waals surface area contributed by atoms with Crippen molar-refractivity contribution in [3.8, 4) is 17.1 Å². The Balaban J connectivity index is 1.43. The number of carbonyl (C=O) groups is 1. The molecule has 0 amide bonds. The molecule has 138 valence electrons. The fourth-order valence-corrected chi connectivity index (χ4v) is 3.98. The predicted octanol–water partition coefficient (Wildman–Crippen LogP) is 2.38. The van der Waals surface area contributed by atoms with Crippen LogP contribution in [-0.2, 0) is 0 Å². The number of nitrogens with one attached hydrogen (secondary N) is 1. The molecule has 0 radical (unpaired) electrons. The Kier molecular flexibility index (Phi) is 4.14. The highest BCUT2D eigenvalue weighted by Gasteiger charge is 2.32. The zero-order valence-corrected chi connectivity index (χ0v) is 15.1. The van der Waals surface area contributed by atoms with E-state index in [2.05, 4.69) is 10.2 Å². The van der Waals surface area contributed by atoms with Crippen LogP contribution < -0.4 is 10.1 Å². The number of pyridine rings is 1. The average molecular weight is 362 g/mol. The van der Waals surface area contributed by atoms with E-state index in [-0.39, 0.29) is 5.91 Å². The molecule has 6 heteroatoms. The number of nitrogens with zero attached hydrogens (tertiary/aromatic N) is 3. The lowest BCUT2D eigenvalue weighted by molar-refractivity contribution is 0.0965. The minimum Gasteiger partial charge on any atom is -0.492 e. The number of hydrogen-bond donors (Lipinski definition) is 1. The van der Waals surface area contributed by atoms with Gasteiger partial charge in [0.05, 0.1) is 17.8 Å². The topological polar surface area (TPSA) is 59.4 Å². The highest BCUT2D eigenvalue weighted by molar-refractivity contribution is 6.13. The number of aromatic nitrogens is 2. The first-order valence-corrected chi connectivity index (χ1v) is 9.54. The van der Waals surface area contributed by atoms with Gasteiger partial charge in [-0.05, 0) is 30.7 Å². The van der Waals surface area contributed by atoms with Crippen LogP contribution in [0.5, 0.6) is 5.75 Å². The largest absolute Gasteiger partial charge is 0.492 e. The zero-order chi connectivity index (χ0) is 18.2. The molecular formula is C21H22N4O2. The first kappa shape index (κ1) is 16.5. The monoisotopic (exact) mass is 362 g/mol. The van der Waals surface area contributed by atoms with Gasteiger partial charge in [-0.1, -0.05) is 12.1 Å². The van der Waals surface area contributed by atoms with Crippen molar-refractivity contribution >= 4 is 16.8 Å². The summed E-state index contributed by atoms with van der Waals surface area (Å²) >= 11 is 0. The molecule has 4 heterocycles. The summed E-state index contributed by atoms with van der Waals surface area (Å²) in [6.07, 6.45) is 2.73. The lowest BCUT2D eigenvalue weighted by Gasteiger charge is -2.27. The number of fused-ring (bicyclic) bond motifs is 4. The van der Waals surface area contributed by atoms with E-state index in [1.807, 2.05) is 36.4 Å². The van der Waals surface area contributed by atoms with Crippen molar-refractivity contribution in [2.24, 2.45) is 0 Å². The molecule has 0 aliphatic carbocycles. The molecule has 1 N–H and O–H groups in total. The third-order valence-electron chi connectivity index (χ3n) is 5.34. The van der Waals surface area contributed by atoms with Crippen molar-refractivity contribution in [2.75, 3.05) is 39.3 Å². The van der Waals surface area contributed by atoms with Crippen molar-refractivity contribution < 1.29 is 9.53 Å². The first-order chi connectivity index (χ1) is 13.3. The summed E-state index contributed by atoms with van der Waals surface area (Å²) in [7, 11) is 0. The summed E-state index contributed by atoms with van der Waals surface area (Å²) in [6.45, 7) is 5.88. The van der Waals surface area contributed by atoms with Crippen molar-refractivity contribution in [1.29, 1.82) is 0 Å². The van der Waals surface area contributed by atoms with Crippen molar-refractivity contribution in [3.05, 3.63) is 48.2 Å². The fourth-order valence-electron chi connectivity index (χ4n) is 3.98. The maximum Gasteiger partial charge on any atom is 0.268 e. The van der Waals surface area contributed by atoms with Crippen molar-refractivity contribution in [1.82, 2.24) is 19.8 Å². The van der Waals surface area contributed by atoms with Crippen LogP contribution in [0.3, 0.4) is 0 Å². The maximum absolute atomic E-state index is 12.9. The van der Waals surface area contributed by atoms with Crippen molar-refractivity contribution in [3.63, 3.8) is 0 Å². The minimum absolute atomic E-state index is 0.0552. The average Bonchev–Trinajstić information content (AvgIpc) is 3.29. The summed E-state index contributed by atoms with van der Waals surface area (Å²) in [5.41, 5.74) is 3.01. The molecule has 0 bridgehead atoms. The summed E-state index contributed by atoms with van der Waals surface area (Å²) < 4.78 is 7.86. The van der Waals surface area contributed by atoms with Gasteiger partial charge in [0.25, 0.3) is 5.91 Å². The molecule has 27 heavy (non-hydrogen) atoms. The van der Waals surface area contributed by atoms with Crippen LogP contribution in [0, 0.1) is 0 Å². The Bertz CT molecular complexity index is 1000. The molecule has 5 rings (SSSR count). The number of para-hydroxylation sites is 1. The highest BCUT2D eigenvalue weighted by Crippen LogP contribution is 2.40. The van der Waals surface area contributed by atoms with Crippen LogP contribution in [0.4, 0.5) is 0 Å². The van der Waals surface area contributed by atoms with Gasteiger partial charge in [-0.15, -0.1) is 0 Å². The lowest BCUT2D eigenvalue weighted by Crippen LogP contribution is -2.44. The van der Waals surface area contributed by atoms with Gasteiger partial charge in [0.1, 0.15) is 17.0 Å². The number of benzene rings is 1. The van der Waals surface area contributed by atoms with Gasteiger partial charge < -0.3 is 15.0 Å². The van der Waals surface area contributed by atoms with E-state index in [0.29, 0.717) is 17.9 Å². The Labute approximate surface area is 157 Å². The molecule has 2 aliphatic rings. The molecule has 0 saturated carbocycles. The molecule has 3 aromatic rings.